The molecule has 496 valence electrons. The SMILES string of the molecule is Cc1cccc(-c2c(-n3c4ccc(-c5cc(C(F)(F)F)cc(C(F)(F)F)c5)cc4c4cc(-c5cc(C(F)(F)F)cc(C(F)(F)F)c5)ccc43)cc(C#N)cc2-n2c3ccc(-c4cc(C(F)(F)F)cc(C(F)(F)F)c4)cc3c3cc(-c4cc(C(F)(F)F)cc(C(F)(F)F)c4)ccc32)n1. The van der Waals surface area contributed by atoms with Gasteiger partial charge >= 0.3 is 49.4 Å². The predicted molar refractivity (Wildman–Crippen MR) is 310 cm³/mol. The van der Waals surface area contributed by atoms with Gasteiger partial charge in [0, 0.05) is 32.8 Å². The van der Waals surface area contributed by atoms with Crippen molar-refractivity contribution in [3.05, 3.63) is 232 Å². The number of hydrogen-bond donors (Lipinski definition) is 0. The van der Waals surface area contributed by atoms with Gasteiger partial charge in [-0.25, -0.2) is 0 Å². The first-order valence-electron chi connectivity index (χ1n) is 27.8. The zero-order valence-corrected chi connectivity index (χ0v) is 48.1. The molecule has 0 aliphatic carbocycles. The van der Waals surface area contributed by atoms with E-state index in [2.05, 4.69) is 0 Å². The maximum Gasteiger partial charge on any atom is 0.416 e. The fourth-order valence-electron chi connectivity index (χ4n) is 11.7. The molecule has 0 spiro atoms. The fraction of sp³-hybridized carbons (Fsp3) is 0.130. The second-order valence-corrected chi connectivity index (χ2v) is 22.4. The quantitative estimate of drug-likeness (QED) is 0.149. The number of hydrogen-bond acceptors (Lipinski definition) is 2. The summed E-state index contributed by atoms with van der Waals surface area (Å²) in [5.74, 6) is 0. The van der Waals surface area contributed by atoms with Crippen LogP contribution in [0.25, 0.3) is 111 Å². The summed E-state index contributed by atoms with van der Waals surface area (Å²) in [5, 5.41) is 10.4. The molecule has 0 fully saturated rings. The summed E-state index contributed by atoms with van der Waals surface area (Å²) in [6.45, 7) is 1.52. The van der Waals surface area contributed by atoms with Crippen molar-refractivity contribution in [2.75, 3.05) is 0 Å². The zero-order valence-electron chi connectivity index (χ0n) is 48.1. The monoisotopic (exact) mass is 1370 g/mol. The molecule has 97 heavy (non-hydrogen) atoms. The zero-order chi connectivity index (χ0) is 70.4. The van der Waals surface area contributed by atoms with Crippen LogP contribution in [0.15, 0.2) is 176 Å². The van der Waals surface area contributed by atoms with E-state index in [4.69, 9.17) is 4.98 Å². The van der Waals surface area contributed by atoms with E-state index in [0.29, 0.717) is 48.5 Å². The van der Waals surface area contributed by atoms with Crippen molar-refractivity contribution < 1.29 is 105 Å². The third-order valence-electron chi connectivity index (χ3n) is 16.1. The Balaban J connectivity index is 1.21. The third-order valence-corrected chi connectivity index (χ3v) is 16.1. The lowest BCUT2D eigenvalue weighted by molar-refractivity contribution is -0.144. The Morgan fingerprint density at radius 2 is 0.526 bits per heavy atom. The second-order valence-electron chi connectivity index (χ2n) is 22.4. The Hall–Kier alpha value is -10.5. The first-order valence-corrected chi connectivity index (χ1v) is 27.8. The molecule has 0 aliphatic heterocycles. The largest absolute Gasteiger partial charge is 0.416 e. The van der Waals surface area contributed by atoms with E-state index in [1.165, 1.54) is 70.7 Å². The van der Waals surface area contributed by atoms with E-state index < -0.39 is 116 Å². The van der Waals surface area contributed by atoms with Crippen molar-refractivity contribution in [3.8, 4) is 73.2 Å². The molecule has 28 heteroatoms. The lowest BCUT2D eigenvalue weighted by Crippen LogP contribution is -2.11. The summed E-state index contributed by atoms with van der Waals surface area (Å²) in [4.78, 5) is 4.75. The highest BCUT2D eigenvalue weighted by molar-refractivity contribution is 6.14. The fourth-order valence-corrected chi connectivity index (χ4v) is 11.7. The normalized spacial score (nSPS) is 13.2. The van der Waals surface area contributed by atoms with Gasteiger partial charge in [-0.1, -0.05) is 30.3 Å². The highest BCUT2D eigenvalue weighted by atomic mass is 19.4. The maximum atomic E-state index is 14.4. The number of aryl methyl sites for hydroxylation is 1. The summed E-state index contributed by atoms with van der Waals surface area (Å²) in [6, 6.07) is 24.9. The number of pyridine rings is 1. The average molecular weight is 1370 g/mol. The number of nitriles is 1. The molecular formula is C69H32F24N4. The number of halogens is 24. The van der Waals surface area contributed by atoms with Crippen LogP contribution in [-0.2, 0) is 49.4 Å². The number of fused-ring (bicyclic) bond motifs is 6. The van der Waals surface area contributed by atoms with Crippen LogP contribution in [-0.4, -0.2) is 14.1 Å². The molecule has 0 N–H and O–H groups in total. The van der Waals surface area contributed by atoms with Crippen LogP contribution in [0.2, 0.25) is 0 Å². The topological polar surface area (TPSA) is 46.5 Å². The summed E-state index contributed by atoms with van der Waals surface area (Å²) in [7, 11) is 0. The second kappa shape index (κ2) is 22.6. The molecular weight excluding hydrogens is 1340 g/mol. The lowest BCUT2D eigenvalue weighted by Gasteiger charge is -2.21. The Bertz CT molecular complexity index is 4560. The van der Waals surface area contributed by atoms with Crippen LogP contribution in [0, 0.1) is 18.3 Å². The van der Waals surface area contributed by atoms with Crippen LogP contribution < -0.4 is 0 Å². The summed E-state index contributed by atoms with van der Waals surface area (Å²) in [5.41, 5.74) is -18.9. The van der Waals surface area contributed by atoms with Gasteiger partial charge < -0.3 is 9.13 Å². The van der Waals surface area contributed by atoms with Crippen LogP contribution in [0.1, 0.15) is 55.8 Å². The van der Waals surface area contributed by atoms with E-state index in [0.717, 1.165) is 48.5 Å². The van der Waals surface area contributed by atoms with Crippen molar-refractivity contribution in [2.45, 2.75) is 56.3 Å². The number of benzene rings is 9. The lowest BCUT2D eigenvalue weighted by atomic mass is 9.96. The van der Waals surface area contributed by atoms with Gasteiger partial charge in [0.1, 0.15) is 0 Å². The van der Waals surface area contributed by atoms with Crippen molar-refractivity contribution in [1.29, 1.82) is 5.26 Å². The molecule has 0 amide bonds. The molecule has 0 atom stereocenters. The maximum absolute atomic E-state index is 14.4. The smallest absolute Gasteiger partial charge is 0.308 e. The molecule has 0 bridgehead atoms. The third kappa shape index (κ3) is 12.6. The van der Waals surface area contributed by atoms with Gasteiger partial charge in [0.15, 0.2) is 0 Å². The Kier molecular flexibility index (Phi) is 15.5. The molecule has 4 nitrogen and oxygen atoms in total. The standard InChI is InChI=1S/C69H32F24N4/c1-32-3-2-4-54(95-32)61-59(96-55-9-5-34(38-15-42(62(70,71)72)27-43(16-38)63(73,74)75)23-50(55)51-24-35(6-10-56(51)96)39-17-44(64(76,77)78)28-45(18-39)65(79,80)81)13-33(31-94)14-60(61)97-57-11-7-36(40-19-46(66(82,83)84)29-47(20-40)67(85,86)87)25-52(57)53-26-37(8-12-58(53)97)41-21-48(68(88,89)90)30-49(22-41)69(91,92)93/h2-30H,1H3. The molecule has 12 aromatic rings. The molecule has 0 unspecified atom stereocenters. The van der Waals surface area contributed by atoms with E-state index in [-0.39, 0.29) is 124 Å². The summed E-state index contributed by atoms with van der Waals surface area (Å²) >= 11 is 0. The van der Waals surface area contributed by atoms with Crippen LogP contribution in [0.4, 0.5) is 105 Å². The van der Waals surface area contributed by atoms with Crippen molar-refractivity contribution in [3.63, 3.8) is 0 Å². The van der Waals surface area contributed by atoms with Gasteiger partial charge in [-0.15, -0.1) is 0 Å². The van der Waals surface area contributed by atoms with Crippen LogP contribution in [0.5, 0.6) is 0 Å². The minimum atomic E-state index is -5.37. The van der Waals surface area contributed by atoms with E-state index >= 15 is 0 Å². The molecule has 0 saturated heterocycles. The number of alkyl halides is 24. The van der Waals surface area contributed by atoms with Crippen molar-refractivity contribution in [2.24, 2.45) is 0 Å². The van der Waals surface area contributed by atoms with E-state index in [9.17, 15) is 111 Å². The Morgan fingerprint density at radius 1 is 0.289 bits per heavy atom. The molecule has 12 rings (SSSR count). The van der Waals surface area contributed by atoms with Gasteiger partial charge in [-0.05, 0) is 197 Å². The number of aromatic nitrogens is 3. The molecule has 0 aliphatic rings. The molecule has 3 heterocycles. The van der Waals surface area contributed by atoms with Gasteiger partial charge in [0.25, 0.3) is 0 Å². The van der Waals surface area contributed by atoms with Gasteiger partial charge in [-0.3, -0.25) is 4.98 Å². The van der Waals surface area contributed by atoms with E-state index in [1.54, 1.807) is 0 Å². The highest BCUT2D eigenvalue weighted by Crippen LogP contribution is 2.49. The first-order chi connectivity index (χ1) is 44.9. The first kappa shape index (κ1) is 66.6. The molecule has 0 saturated carbocycles. The Morgan fingerprint density at radius 3 is 0.732 bits per heavy atom. The highest BCUT2D eigenvalue weighted by Gasteiger charge is 2.42. The van der Waals surface area contributed by atoms with Crippen LogP contribution in [0.3, 0.4) is 0 Å². The summed E-state index contributed by atoms with van der Waals surface area (Å²) < 4.78 is 348. The van der Waals surface area contributed by atoms with Gasteiger partial charge in [0.2, 0.25) is 0 Å². The summed E-state index contributed by atoms with van der Waals surface area (Å²) in [6.07, 6.45) is -43.0. The van der Waals surface area contributed by atoms with Crippen LogP contribution >= 0.6 is 0 Å². The molecule has 0 radical (unpaired) electrons. The molecule has 9 aromatic carbocycles. The van der Waals surface area contributed by atoms with Gasteiger partial charge in [0.05, 0.1) is 95.3 Å². The number of rotatable bonds is 7. The number of nitrogens with zero attached hydrogens (tertiary/aromatic N) is 4. The molecule has 3 aromatic heterocycles. The predicted octanol–water partition coefficient (Wildman–Crippen LogP) is 23.9. The van der Waals surface area contributed by atoms with Gasteiger partial charge in [-0.2, -0.15) is 111 Å². The minimum absolute atomic E-state index is 0.0273. The van der Waals surface area contributed by atoms with E-state index in [1.807, 2.05) is 6.07 Å². The average Bonchev–Trinajstić information content (AvgIpc) is 1.58. The Labute approximate surface area is 528 Å². The van der Waals surface area contributed by atoms with Crippen molar-refractivity contribution >= 4 is 43.6 Å². The van der Waals surface area contributed by atoms with Crippen molar-refractivity contribution in [1.82, 2.24) is 14.1 Å². The minimum Gasteiger partial charge on any atom is -0.308 e.